The summed E-state index contributed by atoms with van der Waals surface area (Å²) in [6.07, 6.45) is 3.87. The molecule has 1 N–H and O–H groups in total. The third kappa shape index (κ3) is 2.39. The molecule has 2 aromatic heterocycles. The fourth-order valence-corrected chi connectivity index (χ4v) is 3.11. The predicted molar refractivity (Wildman–Crippen MR) is 75.3 cm³/mol. The number of aldehydes is 1. The molecule has 2 heterocycles. The number of hydrogen-bond donors (Lipinski definition) is 1. The van der Waals surface area contributed by atoms with Crippen molar-refractivity contribution in [2.75, 3.05) is 0 Å². The lowest BCUT2D eigenvalue weighted by Gasteiger charge is -2.05. The monoisotopic (exact) mass is 334 g/mol. The van der Waals surface area contributed by atoms with E-state index in [9.17, 15) is 4.79 Å². The number of aromatic amines is 1. The number of hydrogen-bond acceptors (Lipinski definition) is 5. The summed E-state index contributed by atoms with van der Waals surface area (Å²) in [5.41, 5.74) is 2.00. The maximum atomic E-state index is 11.1. The second-order valence-electron chi connectivity index (χ2n) is 3.68. The number of aromatic nitrogens is 4. The topological polar surface area (TPSA) is 71.5 Å². The van der Waals surface area contributed by atoms with Crippen LogP contribution in [0, 0.1) is 0 Å². The van der Waals surface area contributed by atoms with E-state index in [-0.39, 0.29) is 0 Å². The Hall–Kier alpha value is -1.73. The van der Waals surface area contributed by atoms with E-state index in [1.807, 2.05) is 12.1 Å². The van der Waals surface area contributed by atoms with Crippen molar-refractivity contribution >= 4 is 45.1 Å². The third-order valence-corrected chi connectivity index (χ3v) is 4.07. The van der Waals surface area contributed by atoms with Gasteiger partial charge in [0, 0.05) is 14.9 Å². The summed E-state index contributed by atoms with van der Waals surface area (Å²) in [6.45, 7) is 0. The van der Waals surface area contributed by atoms with Gasteiger partial charge in [0.15, 0.2) is 11.9 Å². The second kappa shape index (κ2) is 5.10. The average Bonchev–Trinajstić information content (AvgIpc) is 2.88. The Kier molecular flexibility index (Phi) is 3.31. The van der Waals surface area contributed by atoms with Crippen molar-refractivity contribution in [1.82, 2.24) is 19.9 Å². The first-order chi connectivity index (χ1) is 9.28. The number of nitrogens with zero attached hydrogens (tertiary/aromatic N) is 3. The zero-order valence-corrected chi connectivity index (χ0v) is 11.9. The molecule has 0 radical (unpaired) electrons. The first kappa shape index (κ1) is 12.3. The van der Waals surface area contributed by atoms with Crippen molar-refractivity contribution in [3.63, 3.8) is 0 Å². The number of H-pyrrole nitrogens is 1. The van der Waals surface area contributed by atoms with Gasteiger partial charge in [-0.05, 0) is 18.2 Å². The van der Waals surface area contributed by atoms with E-state index in [1.165, 1.54) is 18.1 Å². The molecule has 0 fully saturated rings. The van der Waals surface area contributed by atoms with Gasteiger partial charge in [-0.1, -0.05) is 27.7 Å². The van der Waals surface area contributed by atoms with E-state index in [2.05, 4.69) is 35.9 Å². The highest BCUT2D eigenvalue weighted by Crippen LogP contribution is 2.33. The van der Waals surface area contributed by atoms with Gasteiger partial charge in [0.2, 0.25) is 0 Å². The van der Waals surface area contributed by atoms with E-state index in [4.69, 9.17) is 0 Å². The largest absolute Gasteiger partial charge is 0.341 e. The molecule has 7 heteroatoms. The van der Waals surface area contributed by atoms with Crippen LogP contribution in [0.5, 0.6) is 0 Å². The molecule has 0 atom stereocenters. The van der Waals surface area contributed by atoms with E-state index >= 15 is 0 Å². The van der Waals surface area contributed by atoms with Crippen LogP contribution in [0.4, 0.5) is 0 Å². The minimum absolute atomic E-state index is 0.611. The smallest absolute Gasteiger partial charge is 0.181 e. The third-order valence-electron chi connectivity index (χ3n) is 2.50. The number of fused-ring (bicyclic) bond motifs is 1. The molecular weight excluding hydrogens is 328 g/mol. The predicted octanol–water partition coefficient (Wildman–Crippen LogP) is 3.08. The van der Waals surface area contributed by atoms with Gasteiger partial charge in [-0.25, -0.2) is 15.0 Å². The fourth-order valence-electron chi connectivity index (χ4n) is 1.62. The Morgan fingerprint density at radius 2 is 2.16 bits per heavy atom. The number of rotatable bonds is 3. The Morgan fingerprint density at radius 1 is 1.26 bits per heavy atom. The molecule has 0 unspecified atom stereocenters. The molecule has 0 bridgehead atoms. The van der Waals surface area contributed by atoms with E-state index in [1.54, 1.807) is 12.4 Å². The van der Waals surface area contributed by atoms with E-state index < -0.39 is 0 Å². The molecule has 0 saturated heterocycles. The van der Waals surface area contributed by atoms with Crippen LogP contribution in [0.15, 0.2) is 45.2 Å². The van der Waals surface area contributed by atoms with Crippen LogP contribution in [0.25, 0.3) is 11.2 Å². The van der Waals surface area contributed by atoms with Crippen LogP contribution in [-0.2, 0) is 0 Å². The summed E-state index contributed by atoms with van der Waals surface area (Å²) in [6, 6.07) is 5.49. The van der Waals surface area contributed by atoms with Crippen LogP contribution in [0.3, 0.4) is 0 Å². The van der Waals surface area contributed by atoms with Gasteiger partial charge >= 0.3 is 0 Å². The summed E-state index contributed by atoms with van der Waals surface area (Å²) in [7, 11) is 0. The Labute approximate surface area is 121 Å². The SMILES string of the molecule is O=Cc1ccc(Br)cc1Sc1ncnc2nc[nH]c12. The molecule has 3 rings (SSSR count). The Bertz CT molecular complexity index is 758. The minimum atomic E-state index is 0.611. The van der Waals surface area contributed by atoms with Crippen LogP contribution >= 0.6 is 27.7 Å². The van der Waals surface area contributed by atoms with Gasteiger partial charge in [-0.15, -0.1) is 0 Å². The lowest BCUT2D eigenvalue weighted by molar-refractivity contribution is 0.112. The van der Waals surface area contributed by atoms with Gasteiger partial charge in [-0.3, -0.25) is 4.79 Å². The molecule has 0 aliphatic rings. The fraction of sp³-hybridized carbons (Fsp3) is 0. The van der Waals surface area contributed by atoms with Crippen LogP contribution < -0.4 is 0 Å². The highest BCUT2D eigenvalue weighted by molar-refractivity contribution is 9.10. The first-order valence-corrected chi connectivity index (χ1v) is 6.95. The quantitative estimate of drug-likeness (QED) is 0.588. The number of carbonyl (C=O) groups excluding carboxylic acids is 1. The van der Waals surface area contributed by atoms with Gasteiger partial charge in [0.25, 0.3) is 0 Å². The van der Waals surface area contributed by atoms with Crippen molar-refractivity contribution in [3.8, 4) is 0 Å². The molecule has 94 valence electrons. The highest BCUT2D eigenvalue weighted by Gasteiger charge is 2.10. The van der Waals surface area contributed by atoms with Crippen molar-refractivity contribution in [3.05, 3.63) is 40.9 Å². The summed E-state index contributed by atoms with van der Waals surface area (Å²) in [5.74, 6) is 0. The van der Waals surface area contributed by atoms with Crippen molar-refractivity contribution in [2.45, 2.75) is 9.92 Å². The molecule has 1 aromatic carbocycles. The normalized spacial score (nSPS) is 10.8. The average molecular weight is 335 g/mol. The maximum Gasteiger partial charge on any atom is 0.181 e. The molecule has 0 aliphatic heterocycles. The second-order valence-corrected chi connectivity index (χ2v) is 5.63. The molecule has 0 saturated carbocycles. The summed E-state index contributed by atoms with van der Waals surface area (Å²) in [4.78, 5) is 27.3. The molecule has 5 nitrogen and oxygen atoms in total. The zero-order valence-electron chi connectivity index (χ0n) is 9.50. The van der Waals surface area contributed by atoms with Gasteiger partial charge in [-0.2, -0.15) is 0 Å². The first-order valence-electron chi connectivity index (χ1n) is 5.34. The van der Waals surface area contributed by atoms with Gasteiger partial charge < -0.3 is 4.98 Å². The minimum Gasteiger partial charge on any atom is -0.341 e. The summed E-state index contributed by atoms with van der Waals surface area (Å²) >= 11 is 4.80. The standard InChI is InChI=1S/C12H7BrN4OS/c13-8-2-1-7(4-18)9(3-8)19-12-10-11(15-5-14-10)16-6-17-12/h1-6H,(H,14,15,16,17). The van der Waals surface area contributed by atoms with E-state index in [0.29, 0.717) is 11.2 Å². The Balaban J connectivity index is 2.08. The van der Waals surface area contributed by atoms with Crippen molar-refractivity contribution in [2.24, 2.45) is 0 Å². The molecule has 0 amide bonds. The maximum absolute atomic E-state index is 11.1. The zero-order chi connectivity index (χ0) is 13.2. The highest BCUT2D eigenvalue weighted by atomic mass is 79.9. The summed E-state index contributed by atoms with van der Waals surface area (Å²) < 4.78 is 0.913. The Morgan fingerprint density at radius 3 is 3.00 bits per heavy atom. The molecule has 19 heavy (non-hydrogen) atoms. The molecule has 3 aromatic rings. The lowest BCUT2D eigenvalue weighted by Crippen LogP contribution is -1.89. The van der Waals surface area contributed by atoms with Crippen molar-refractivity contribution in [1.29, 1.82) is 0 Å². The number of imidazole rings is 1. The van der Waals surface area contributed by atoms with Crippen molar-refractivity contribution < 1.29 is 4.79 Å². The molecular formula is C12H7BrN4OS. The number of nitrogens with one attached hydrogen (secondary N) is 1. The lowest BCUT2D eigenvalue weighted by atomic mass is 10.2. The number of carbonyl (C=O) groups is 1. The molecule has 0 spiro atoms. The van der Waals surface area contributed by atoms with Gasteiger partial charge in [0.05, 0.1) is 6.33 Å². The number of halogens is 1. The van der Waals surface area contributed by atoms with E-state index in [0.717, 1.165) is 26.2 Å². The van der Waals surface area contributed by atoms with Crippen LogP contribution in [-0.4, -0.2) is 26.2 Å². The van der Waals surface area contributed by atoms with Gasteiger partial charge in [0.1, 0.15) is 16.9 Å². The number of benzene rings is 1. The molecule has 0 aliphatic carbocycles. The van der Waals surface area contributed by atoms with Crippen LogP contribution in [0.2, 0.25) is 0 Å². The summed E-state index contributed by atoms with van der Waals surface area (Å²) in [5, 5.41) is 0.740. The van der Waals surface area contributed by atoms with Crippen LogP contribution in [0.1, 0.15) is 10.4 Å².